The number of nitrogens with zero attached hydrogens (tertiary/aromatic N) is 2. The summed E-state index contributed by atoms with van der Waals surface area (Å²) in [7, 11) is 1.75. The van der Waals surface area contributed by atoms with Gasteiger partial charge in [0.05, 0.1) is 0 Å². The van der Waals surface area contributed by atoms with Crippen LogP contribution in [0.15, 0.2) is 35.0 Å². The molecule has 3 rings (SSSR count). The molecule has 0 spiro atoms. The number of hydrogen-bond acceptors (Lipinski definition) is 5. The van der Waals surface area contributed by atoms with Crippen molar-refractivity contribution in [3.63, 3.8) is 0 Å². The van der Waals surface area contributed by atoms with Crippen LogP contribution in [-0.4, -0.2) is 26.0 Å². The quantitative estimate of drug-likeness (QED) is 0.788. The molecule has 2 heterocycles. The van der Waals surface area contributed by atoms with Crippen LogP contribution in [0.4, 0.5) is 5.69 Å². The van der Waals surface area contributed by atoms with Gasteiger partial charge in [0.2, 0.25) is 6.79 Å². The minimum atomic E-state index is -0.357. The van der Waals surface area contributed by atoms with Gasteiger partial charge in [-0.3, -0.25) is 15.6 Å². The molecule has 0 saturated heterocycles. The van der Waals surface area contributed by atoms with E-state index in [4.69, 9.17) is 15.2 Å². The van der Waals surface area contributed by atoms with Crippen molar-refractivity contribution in [2.75, 3.05) is 18.7 Å². The van der Waals surface area contributed by atoms with E-state index in [1.54, 1.807) is 7.05 Å². The van der Waals surface area contributed by atoms with E-state index in [9.17, 15) is 0 Å². The lowest BCUT2D eigenvalue weighted by Gasteiger charge is -2.35. The van der Waals surface area contributed by atoms with E-state index in [1.165, 1.54) is 0 Å². The summed E-state index contributed by atoms with van der Waals surface area (Å²) >= 11 is 0. The van der Waals surface area contributed by atoms with Crippen LogP contribution >= 0.6 is 0 Å². The summed E-state index contributed by atoms with van der Waals surface area (Å²) in [5.74, 6) is 2.29. The fraction of sp³-hybridized carbons (Fsp3) is 0.308. The van der Waals surface area contributed by atoms with Crippen LogP contribution in [0.1, 0.15) is 6.92 Å². The van der Waals surface area contributed by atoms with Crippen molar-refractivity contribution in [3.8, 4) is 11.5 Å². The molecule has 2 aliphatic heterocycles. The van der Waals surface area contributed by atoms with Gasteiger partial charge in [0.15, 0.2) is 17.8 Å². The molecule has 0 aromatic heterocycles. The minimum Gasteiger partial charge on any atom is -0.454 e. The number of fused-ring (bicyclic) bond motifs is 1. The normalized spacial score (nSPS) is 23.3. The lowest BCUT2D eigenvalue weighted by molar-refractivity contribution is 0.174. The van der Waals surface area contributed by atoms with Crippen LogP contribution < -0.4 is 25.4 Å². The predicted octanol–water partition coefficient (Wildman–Crippen LogP) is 0.999. The first-order chi connectivity index (χ1) is 9.19. The number of anilines is 1. The van der Waals surface area contributed by atoms with Gasteiger partial charge in [0, 0.05) is 24.5 Å². The number of aliphatic imine (C=N–C) groups is 1. The second-order valence-electron chi connectivity index (χ2n) is 4.41. The summed E-state index contributed by atoms with van der Waals surface area (Å²) in [6.07, 6.45) is 1.59. The summed E-state index contributed by atoms with van der Waals surface area (Å²) in [6.45, 7) is 2.22. The van der Waals surface area contributed by atoms with Crippen molar-refractivity contribution < 1.29 is 9.47 Å². The molecule has 0 fully saturated rings. The van der Waals surface area contributed by atoms with Crippen LogP contribution in [0.3, 0.4) is 0 Å². The molecular weight excluding hydrogens is 244 g/mol. The summed E-state index contributed by atoms with van der Waals surface area (Å²) in [5.41, 5.74) is 8.04. The Balaban J connectivity index is 2.01. The lowest BCUT2D eigenvalue weighted by Crippen LogP contribution is -2.56. The molecule has 0 amide bonds. The number of nitrogens with one attached hydrogen (secondary N) is 1. The van der Waals surface area contributed by atoms with Crippen molar-refractivity contribution in [1.82, 2.24) is 5.32 Å². The first kappa shape index (κ1) is 11.9. The zero-order chi connectivity index (χ0) is 13.4. The van der Waals surface area contributed by atoms with Crippen molar-refractivity contribution >= 4 is 11.5 Å². The molecule has 3 N–H and O–H groups in total. The first-order valence-corrected chi connectivity index (χ1v) is 6.05. The number of rotatable bonds is 1. The highest BCUT2D eigenvalue weighted by molar-refractivity contribution is 6.07. The van der Waals surface area contributed by atoms with E-state index in [0.29, 0.717) is 0 Å². The molecule has 100 valence electrons. The van der Waals surface area contributed by atoms with Crippen LogP contribution in [0.25, 0.3) is 0 Å². The fourth-order valence-electron chi connectivity index (χ4n) is 2.25. The molecule has 1 unspecified atom stereocenters. The molecular formula is C13H16N4O2. The van der Waals surface area contributed by atoms with Crippen molar-refractivity contribution in [2.45, 2.75) is 13.2 Å². The molecule has 0 saturated carbocycles. The Hall–Kier alpha value is -2.21. The van der Waals surface area contributed by atoms with Crippen LogP contribution in [-0.2, 0) is 0 Å². The number of amidine groups is 1. The Morgan fingerprint density at radius 3 is 2.95 bits per heavy atom. The minimum absolute atomic E-state index is 0.261. The summed E-state index contributed by atoms with van der Waals surface area (Å²) in [5, 5.41) is 3.17. The SMILES string of the molecule is CN=C1C=C(C)NC(N)N1c1ccc2c(c1)OCO2. The van der Waals surface area contributed by atoms with Gasteiger partial charge in [-0.25, -0.2) is 0 Å². The number of hydrogen-bond donors (Lipinski definition) is 2. The van der Waals surface area contributed by atoms with Gasteiger partial charge in [0.25, 0.3) is 0 Å². The van der Waals surface area contributed by atoms with E-state index in [1.807, 2.05) is 36.1 Å². The Kier molecular flexibility index (Phi) is 2.79. The third-order valence-corrected chi connectivity index (χ3v) is 3.11. The maximum Gasteiger partial charge on any atom is 0.231 e. The maximum atomic E-state index is 6.13. The Morgan fingerprint density at radius 2 is 2.16 bits per heavy atom. The van der Waals surface area contributed by atoms with Crippen LogP contribution in [0, 0.1) is 0 Å². The van der Waals surface area contributed by atoms with Crippen molar-refractivity contribution in [1.29, 1.82) is 0 Å². The molecule has 0 radical (unpaired) electrons. The predicted molar refractivity (Wildman–Crippen MR) is 73.3 cm³/mol. The molecule has 1 aromatic carbocycles. The van der Waals surface area contributed by atoms with E-state index in [-0.39, 0.29) is 13.1 Å². The monoisotopic (exact) mass is 260 g/mol. The first-order valence-electron chi connectivity index (χ1n) is 6.05. The van der Waals surface area contributed by atoms with Gasteiger partial charge in [-0.05, 0) is 25.1 Å². The van der Waals surface area contributed by atoms with Gasteiger partial charge in [-0.1, -0.05) is 0 Å². The summed E-state index contributed by atoms with van der Waals surface area (Å²) in [6, 6.07) is 5.72. The second kappa shape index (κ2) is 4.47. The molecule has 19 heavy (non-hydrogen) atoms. The zero-order valence-electron chi connectivity index (χ0n) is 10.9. The number of allylic oxidation sites excluding steroid dienone is 1. The Labute approximate surface area is 111 Å². The van der Waals surface area contributed by atoms with E-state index in [2.05, 4.69) is 10.3 Å². The van der Waals surface area contributed by atoms with Gasteiger partial charge < -0.3 is 14.8 Å². The summed E-state index contributed by atoms with van der Waals surface area (Å²) < 4.78 is 10.7. The largest absolute Gasteiger partial charge is 0.454 e. The smallest absolute Gasteiger partial charge is 0.231 e. The molecule has 0 bridgehead atoms. The number of nitrogens with two attached hydrogens (primary N) is 1. The average Bonchev–Trinajstić information content (AvgIpc) is 2.84. The van der Waals surface area contributed by atoms with Crippen molar-refractivity contribution in [2.24, 2.45) is 10.7 Å². The highest BCUT2D eigenvalue weighted by Crippen LogP contribution is 2.36. The topological polar surface area (TPSA) is 72.1 Å². The standard InChI is InChI=1S/C13H16N4O2/c1-8-5-12(15-2)17(13(14)16-8)9-3-4-10-11(6-9)19-7-18-10/h3-6,13,16H,7,14H2,1-2H3. The highest BCUT2D eigenvalue weighted by Gasteiger charge is 2.25. The summed E-state index contributed by atoms with van der Waals surface area (Å²) in [4.78, 5) is 6.19. The lowest BCUT2D eigenvalue weighted by atomic mass is 10.2. The number of ether oxygens (including phenoxy) is 2. The van der Waals surface area contributed by atoms with Crippen LogP contribution in [0.2, 0.25) is 0 Å². The Morgan fingerprint density at radius 1 is 1.37 bits per heavy atom. The molecule has 2 aliphatic rings. The molecule has 1 aromatic rings. The second-order valence-corrected chi connectivity index (χ2v) is 4.41. The molecule has 1 atom stereocenters. The van der Waals surface area contributed by atoms with Gasteiger partial charge in [-0.15, -0.1) is 0 Å². The maximum absolute atomic E-state index is 6.13. The molecule has 6 heteroatoms. The highest BCUT2D eigenvalue weighted by atomic mass is 16.7. The van der Waals surface area contributed by atoms with Gasteiger partial charge >= 0.3 is 0 Å². The Bertz CT molecular complexity index is 568. The number of benzene rings is 1. The van der Waals surface area contributed by atoms with E-state index < -0.39 is 0 Å². The van der Waals surface area contributed by atoms with Crippen molar-refractivity contribution in [3.05, 3.63) is 30.0 Å². The molecule has 6 nitrogen and oxygen atoms in total. The van der Waals surface area contributed by atoms with Gasteiger partial charge in [0.1, 0.15) is 5.84 Å². The van der Waals surface area contributed by atoms with E-state index >= 15 is 0 Å². The zero-order valence-corrected chi connectivity index (χ0v) is 10.9. The third kappa shape index (κ3) is 2.00. The van der Waals surface area contributed by atoms with E-state index in [0.717, 1.165) is 28.7 Å². The average molecular weight is 260 g/mol. The molecule has 0 aliphatic carbocycles. The van der Waals surface area contributed by atoms with Crippen LogP contribution in [0.5, 0.6) is 11.5 Å². The van der Waals surface area contributed by atoms with Gasteiger partial charge in [-0.2, -0.15) is 0 Å². The third-order valence-electron chi connectivity index (χ3n) is 3.11. The fourth-order valence-corrected chi connectivity index (χ4v) is 2.25.